The Hall–Kier alpha value is -1.45. The fraction of sp³-hybridized carbons (Fsp3) is 0.750. The largest absolute Gasteiger partial charge is 0.361 e. The van der Waals surface area contributed by atoms with E-state index in [1.54, 1.807) is 16.1 Å². The summed E-state index contributed by atoms with van der Waals surface area (Å²) in [5.41, 5.74) is 1.56. The molecule has 0 bridgehead atoms. The topological polar surface area (TPSA) is 87.0 Å². The Labute approximate surface area is 148 Å². The first-order valence-electron chi connectivity index (χ1n) is 8.84. The lowest BCUT2D eigenvalue weighted by atomic mass is 10.1. The molecule has 2 saturated heterocycles. The Bertz CT molecular complexity index is 705. The monoisotopic (exact) mass is 370 g/mol. The van der Waals surface area contributed by atoms with Crippen molar-refractivity contribution in [1.29, 1.82) is 0 Å². The summed E-state index contributed by atoms with van der Waals surface area (Å²) in [4.78, 5) is 14.4. The predicted molar refractivity (Wildman–Crippen MR) is 92.2 cm³/mol. The van der Waals surface area contributed by atoms with Crippen LogP contribution < -0.4 is 0 Å². The number of aryl methyl sites for hydroxylation is 2. The van der Waals surface area contributed by atoms with Gasteiger partial charge in [0.05, 0.1) is 12.1 Å². The van der Waals surface area contributed by atoms with Gasteiger partial charge in [0.15, 0.2) is 0 Å². The van der Waals surface area contributed by atoms with Crippen molar-refractivity contribution in [3.63, 3.8) is 0 Å². The number of amides is 1. The van der Waals surface area contributed by atoms with Gasteiger partial charge in [-0.1, -0.05) is 5.16 Å². The molecule has 0 aliphatic carbocycles. The van der Waals surface area contributed by atoms with E-state index < -0.39 is 10.2 Å². The molecule has 0 N–H and O–H groups in total. The molecule has 0 radical (unpaired) electrons. The molecule has 1 aromatic rings. The van der Waals surface area contributed by atoms with Crippen molar-refractivity contribution in [2.75, 3.05) is 39.3 Å². The lowest BCUT2D eigenvalue weighted by Gasteiger charge is -2.26. The minimum atomic E-state index is -3.39. The molecule has 2 aliphatic heterocycles. The molecule has 1 aromatic heterocycles. The molecule has 1 amide bonds. The maximum absolute atomic E-state index is 12.7. The molecule has 8 nitrogen and oxygen atoms in total. The van der Waals surface area contributed by atoms with Crippen molar-refractivity contribution in [1.82, 2.24) is 18.7 Å². The third-order valence-electron chi connectivity index (χ3n) is 5.03. The van der Waals surface area contributed by atoms with Gasteiger partial charge in [0, 0.05) is 44.8 Å². The average molecular weight is 370 g/mol. The van der Waals surface area contributed by atoms with Crippen LogP contribution in [0.1, 0.15) is 36.3 Å². The van der Waals surface area contributed by atoms with Crippen LogP contribution in [-0.2, 0) is 21.4 Å². The van der Waals surface area contributed by atoms with Crippen molar-refractivity contribution < 1.29 is 17.7 Å². The molecule has 0 unspecified atom stereocenters. The number of nitrogens with zero attached hydrogens (tertiary/aromatic N) is 4. The van der Waals surface area contributed by atoms with Crippen LogP contribution in [0.15, 0.2) is 4.52 Å². The van der Waals surface area contributed by atoms with Gasteiger partial charge in [-0.15, -0.1) is 0 Å². The third-order valence-corrected chi connectivity index (χ3v) is 7.07. The first-order chi connectivity index (χ1) is 11.9. The maximum atomic E-state index is 12.7. The first-order valence-corrected chi connectivity index (χ1v) is 10.2. The van der Waals surface area contributed by atoms with Gasteiger partial charge in [-0.3, -0.25) is 4.79 Å². The van der Waals surface area contributed by atoms with Crippen molar-refractivity contribution in [3.8, 4) is 0 Å². The van der Waals surface area contributed by atoms with Crippen LogP contribution in [0.2, 0.25) is 0 Å². The average Bonchev–Trinajstić information content (AvgIpc) is 3.14. The molecule has 140 valence electrons. The van der Waals surface area contributed by atoms with Crippen molar-refractivity contribution in [2.45, 2.75) is 39.5 Å². The van der Waals surface area contributed by atoms with Gasteiger partial charge in [-0.2, -0.15) is 17.0 Å². The smallest absolute Gasteiger partial charge is 0.282 e. The van der Waals surface area contributed by atoms with Crippen LogP contribution in [0, 0.1) is 13.8 Å². The number of carbonyl (C=O) groups excluding carboxylic acids is 1. The molecule has 0 aromatic carbocycles. The highest BCUT2D eigenvalue weighted by atomic mass is 32.2. The Morgan fingerprint density at radius 3 is 2.28 bits per heavy atom. The van der Waals surface area contributed by atoms with Gasteiger partial charge in [0.2, 0.25) is 5.91 Å². The molecule has 0 atom stereocenters. The van der Waals surface area contributed by atoms with Crippen LogP contribution in [0.5, 0.6) is 0 Å². The Morgan fingerprint density at radius 2 is 1.64 bits per heavy atom. The summed E-state index contributed by atoms with van der Waals surface area (Å²) in [6.07, 6.45) is 2.75. The molecule has 0 saturated carbocycles. The summed E-state index contributed by atoms with van der Waals surface area (Å²) in [6, 6.07) is 0. The van der Waals surface area contributed by atoms with Crippen LogP contribution in [0.4, 0.5) is 0 Å². The molecule has 3 heterocycles. The van der Waals surface area contributed by atoms with Crippen LogP contribution >= 0.6 is 0 Å². The minimum absolute atomic E-state index is 0.00480. The molecule has 2 aliphatic rings. The SMILES string of the molecule is Cc1noc(C)c1CC(=O)N1CCCN(S(=O)(=O)N2CCCC2)CC1. The molecule has 2 fully saturated rings. The first kappa shape index (κ1) is 18.3. The van der Waals surface area contributed by atoms with E-state index in [2.05, 4.69) is 5.16 Å². The predicted octanol–water partition coefficient (Wildman–Crippen LogP) is 0.709. The third kappa shape index (κ3) is 3.88. The van der Waals surface area contributed by atoms with Gasteiger partial charge >= 0.3 is 0 Å². The highest BCUT2D eigenvalue weighted by Gasteiger charge is 2.33. The quantitative estimate of drug-likeness (QED) is 0.779. The number of aromatic nitrogens is 1. The second-order valence-corrected chi connectivity index (χ2v) is 8.66. The Kier molecular flexibility index (Phi) is 5.45. The highest BCUT2D eigenvalue weighted by Crippen LogP contribution is 2.19. The molecule has 25 heavy (non-hydrogen) atoms. The van der Waals surface area contributed by atoms with E-state index in [0.29, 0.717) is 51.4 Å². The Morgan fingerprint density at radius 1 is 1.00 bits per heavy atom. The number of carbonyl (C=O) groups is 1. The van der Waals surface area contributed by atoms with Crippen molar-refractivity contribution >= 4 is 16.1 Å². The van der Waals surface area contributed by atoms with E-state index in [1.165, 1.54) is 4.31 Å². The van der Waals surface area contributed by atoms with E-state index in [9.17, 15) is 13.2 Å². The minimum Gasteiger partial charge on any atom is -0.361 e. The molecular weight excluding hydrogens is 344 g/mol. The Balaban J connectivity index is 1.62. The van der Waals surface area contributed by atoms with Crippen molar-refractivity contribution in [2.24, 2.45) is 0 Å². The van der Waals surface area contributed by atoms with Crippen LogP contribution in [0.3, 0.4) is 0 Å². The van der Waals surface area contributed by atoms with Gasteiger partial charge in [-0.25, -0.2) is 0 Å². The van der Waals surface area contributed by atoms with Gasteiger partial charge in [0.1, 0.15) is 5.76 Å². The maximum Gasteiger partial charge on any atom is 0.282 e. The summed E-state index contributed by atoms with van der Waals surface area (Å²) in [5, 5.41) is 3.88. The van der Waals surface area contributed by atoms with Crippen molar-refractivity contribution in [3.05, 3.63) is 17.0 Å². The van der Waals surface area contributed by atoms with E-state index in [-0.39, 0.29) is 12.3 Å². The second-order valence-electron chi connectivity index (χ2n) is 6.73. The number of rotatable bonds is 4. The molecule has 3 rings (SSSR count). The molecule has 0 spiro atoms. The van der Waals surface area contributed by atoms with Gasteiger partial charge < -0.3 is 9.42 Å². The van der Waals surface area contributed by atoms with Crippen LogP contribution in [-0.4, -0.2) is 72.3 Å². The van der Waals surface area contributed by atoms with E-state index in [0.717, 1.165) is 24.1 Å². The standard InChI is InChI=1S/C16H26N4O4S/c1-13-15(14(2)24-17-13)12-16(21)18-6-5-9-20(11-10-18)25(22,23)19-7-3-4-8-19/h3-12H2,1-2H3. The zero-order valence-corrected chi connectivity index (χ0v) is 15.7. The summed E-state index contributed by atoms with van der Waals surface area (Å²) in [5.74, 6) is 0.661. The summed E-state index contributed by atoms with van der Waals surface area (Å²) in [7, 11) is -3.39. The lowest BCUT2D eigenvalue weighted by molar-refractivity contribution is -0.130. The van der Waals surface area contributed by atoms with Gasteiger partial charge in [0.25, 0.3) is 10.2 Å². The molecular formula is C16H26N4O4S. The highest BCUT2D eigenvalue weighted by molar-refractivity contribution is 7.86. The summed E-state index contributed by atoms with van der Waals surface area (Å²) in [6.45, 7) is 6.66. The normalized spacial score (nSPS) is 20.8. The second kappa shape index (κ2) is 7.43. The van der Waals surface area contributed by atoms with E-state index in [1.807, 2.05) is 6.92 Å². The molecule has 9 heteroatoms. The van der Waals surface area contributed by atoms with E-state index >= 15 is 0 Å². The van der Waals surface area contributed by atoms with E-state index in [4.69, 9.17) is 4.52 Å². The van der Waals surface area contributed by atoms with Gasteiger partial charge in [-0.05, 0) is 33.1 Å². The lowest BCUT2D eigenvalue weighted by Crippen LogP contribution is -2.44. The summed E-state index contributed by atoms with van der Waals surface area (Å²) < 4.78 is 33.6. The zero-order valence-electron chi connectivity index (χ0n) is 14.9. The fourth-order valence-electron chi connectivity index (χ4n) is 3.47. The number of hydrogen-bond acceptors (Lipinski definition) is 5. The fourth-order valence-corrected chi connectivity index (χ4v) is 5.19. The zero-order chi connectivity index (χ0) is 18.0. The van der Waals surface area contributed by atoms with Crippen LogP contribution in [0.25, 0.3) is 0 Å². The summed E-state index contributed by atoms with van der Waals surface area (Å²) >= 11 is 0. The number of hydrogen-bond donors (Lipinski definition) is 0.